The normalized spacial score (nSPS) is 14.2. The van der Waals surface area contributed by atoms with Gasteiger partial charge in [0.2, 0.25) is 26.0 Å². The van der Waals surface area contributed by atoms with E-state index in [0.29, 0.717) is 11.3 Å². The summed E-state index contributed by atoms with van der Waals surface area (Å²) >= 11 is 0. The molecule has 0 spiro atoms. The average Bonchev–Trinajstić information content (AvgIpc) is 2.92. The molecule has 0 fully saturated rings. The van der Waals surface area contributed by atoms with E-state index in [4.69, 9.17) is 4.74 Å². The summed E-state index contributed by atoms with van der Waals surface area (Å²) in [6, 6.07) is 16.5. The molecule has 0 saturated heterocycles. The largest absolute Gasteiger partial charge is 0.506 e. The number of rotatable bonds is 12. The third-order valence-corrected chi connectivity index (χ3v) is 8.74. The summed E-state index contributed by atoms with van der Waals surface area (Å²) in [5, 5.41) is 26.8. The summed E-state index contributed by atoms with van der Waals surface area (Å²) in [7, 11) is -3.11. The fourth-order valence-electron chi connectivity index (χ4n) is 3.90. The van der Waals surface area contributed by atoms with Crippen molar-refractivity contribution in [3.8, 4) is 11.5 Å². The molecule has 0 aromatic heterocycles. The van der Waals surface area contributed by atoms with Gasteiger partial charge in [0.1, 0.15) is 17.0 Å². The Labute approximate surface area is 240 Å². The van der Waals surface area contributed by atoms with Gasteiger partial charge in [-0.3, -0.25) is 14.8 Å². The van der Waals surface area contributed by atoms with Gasteiger partial charge in [-0.2, -0.15) is 0 Å². The molecule has 0 radical (unpaired) electrons. The summed E-state index contributed by atoms with van der Waals surface area (Å²) in [5.41, 5.74) is -0.498. The maximum Gasteiger partial charge on any atom is 0.249 e. The molecule has 0 aliphatic rings. The number of hydrogen-bond donors (Lipinski definition) is 5. The zero-order valence-corrected chi connectivity index (χ0v) is 24.9. The molecule has 0 heterocycles. The zero-order valence-electron chi connectivity index (χ0n) is 23.2. The number of carbonyl (C=O) groups excluding carboxylic acids is 1. The lowest BCUT2D eigenvalue weighted by atomic mass is 9.90. The van der Waals surface area contributed by atoms with Crippen molar-refractivity contribution in [1.29, 1.82) is 0 Å². The van der Waals surface area contributed by atoms with Gasteiger partial charge in [-0.15, -0.1) is 0 Å². The van der Waals surface area contributed by atoms with Crippen LogP contribution >= 0.6 is 0 Å². The Balaban J connectivity index is 1.92. The van der Waals surface area contributed by atoms with Crippen LogP contribution in [0.15, 0.2) is 71.6 Å². The van der Waals surface area contributed by atoms with E-state index in [-0.39, 0.29) is 34.1 Å². The van der Waals surface area contributed by atoms with Gasteiger partial charge in [0, 0.05) is 26.3 Å². The van der Waals surface area contributed by atoms with Crippen LogP contribution < -0.4 is 20.1 Å². The maximum atomic E-state index is 13.7. The molecule has 41 heavy (non-hydrogen) atoms. The van der Waals surface area contributed by atoms with Crippen LogP contribution in [0.1, 0.15) is 24.2 Å². The van der Waals surface area contributed by atoms with E-state index < -0.39 is 37.6 Å². The molecule has 2 atom stereocenters. The van der Waals surface area contributed by atoms with Gasteiger partial charge in [0.25, 0.3) is 0 Å². The Kier molecular flexibility index (Phi) is 9.66. The molecule has 3 aromatic carbocycles. The van der Waals surface area contributed by atoms with Crippen molar-refractivity contribution in [1.82, 2.24) is 9.62 Å². The number of hydrogen-bond acceptors (Lipinski definition) is 9. The van der Waals surface area contributed by atoms with Gasteiger partial charge < -0.3 is 20.3 Å². The Hall–Kier alpha value is -3.69. The monoisotopic (exact) mass is 606 g/mol. The lowest BCUT2D eigenvalue weighted by molar-refractivity contribution is -0.122. The van der Waals surface area contributed by atoms with Crippen LogP contribution in [0.2, 0.25) is 0 Å². The van der Waals surface area contributed by atoms with Crippen LogP contribution in [0.25, 0.3) is 0 Å². The molecule has 14 heteroatoms. The number of sulfonamides is 2. The topological polar surface area (TPSA) is 174 Å². The van der Waals surface area contributed by atoms with Crippen molar-refractivity contribution < 1.29 is 36.6 Å². The molecule has 0 bridgehead atoms. The first-order chi connectivity index (χ1) is 19.1. The van der Waals surface area contributed by atoms with Crippen molar-refractivity contribution in [2.45, 2.75) is 23.5 Å². The number of methoxy groups -OCH3 is 1. The van der Waals surface area contributed by atoms with E-state index in [1.807, 2.05) is 0 Å². The predicted molar refractivity (Wildman–Crippen MR) is 156 cm³/mol. The van der Waals surface area contributed by atoms with Gasteiger partial charge >= 0.3 is 0 Å². The minimum absolute atomic E-state index is 0.000620. The highest BCUT2D eigenvalue weighted by Crippen LogP contribution is 2.30. The number of phenolic OH excluding ortho intramolecular Hbond substituents is 1. The first-order valence-corrected chi connectivity index (χ1v) is 15.6. The maximum absolute atomic E-state index is 13.7. The van der Waals surface area contributed by atoms with Crippen LogP contribution in [0.5, 0.6) is 11.5 Å². The highest BCUT2D eigenvalue weighted by atomic mass is 32.2. The number of amides is 1. The van der Waals surface area contributed by atoms with Crippen molar-refractivity contribution >= 4 is 37.3 Å². The zero-order chi connectivity index (χ0) is 30.6. The molecule has 5 N–H and O–H groups in total. The van der Waals surface area contributed by atoms with Gasteiger partial charge in [-0.1, -0.05) is 24.3 Å². The molecule has 0 saturated carbocycles. The van der Waals surface area contributed by atoms with E-state index in [2.05, 4.69) is 15.4 Å². The number of aliphatic hydroxyl groups excluding tert-OH is 1. The van der Waals surface area contributed by atoms with E-state index >= 15 is 0 Å². The lowest BCUT2D eigenvalue weighted by Gasteiger charge is -2.31. The Morgan fingerprint density at radius 2 is 1.68 bits per heavy atom. The molecular weight excluding hydrogens is 572 g/mol. The van der Waals surface area contributed by atoms with E-state index in [0.717, 1.165) is 10.6 Å². The summed E-state index contributed by atoms with van der Waals surface area (Å²) in [6.07, 6.45) is -0.281. The molecule has 222 valence electrons. The molecule has 3 rings (SSSR count). The Morgan fingerprint density at radius 1 is 1.02 bits per heavy atom. The quantitative estimate of drug-likeness (QED) is 0.194. The summed E-state index contributed by atoms with van der Waals surface area (Å²) in [6.45, 7) is 1.44. The third-order valence-electron chi connectivity index (χ3n) is 6.34. The number of nitrogens with zero attached hydrogens (tertiary/aromatic N) is 1. The van der Waals surface area contributed by atoms with E-state index in [1.165, 1.54) is 57.6 Å². The fourth-order valence-corrected chi connectivity index (χ4v) is 5.41. The number of anilines is 2. The number of phenols is 1. The predicted octanol–water partition coefficient (Wildman–Crippen LogP) is 2.20. The van der Waals surface area contributed by atoms with Crippen molar-refractivity contribution in [3.63, 3.8) is 0 Å². The van der Waals surface area contributed by atoms with E-state index in [9.17, 15) is 31.8 Å². The minimum Gasteiger partial charge on any atom is -0.506 e. The first-order valence-electron chi connectivity index (χ1n) is 12.3. The summed E-state index contributed by atoms with van der Waals surface area (Å²) < 4.78 is 56.9. The van der Waals surface area contributed by atoms with Crippen LogP contribution in [0, 0.1) is 0 Å². The van der Waals surface area contributed by atoms with Crippen LogP contribution in [0.4, 0.5) is 11.4 Å². The van der Waals surface area contributed by atoms with Crippen LogP contribution in [-0.4, -0.2) is 71.3 Å². The number of aromatic hydroxyl groups is 1. The van der Waals surface area contributed by atoms with Crippen molar-refractivity contribution in [2.24, 2.45) is 0 Å². The fraction of sp³-hybridized carbons (Fsp3) is 0.296. The van der Waals surface area contributed by atoms with Gasteiger partial charge in [-0.25, -0.2) is 21.1 Å². The molecule has 0 aliphatic heterocycles. The van der Waals surface area contributed by atoms with Crippen LogP contribution in [0.3, 0.4) is 0 Å². The standard InChI is InChI=1S/C27H34N4O8S2/c1-27(19-10-12-21(39-4)13-11-19,26(34)29-20-7-6-8-22(16-20)41(37,38)31(2)3)28-17-25(33)18-9-14-24(32)23(15-18)30-40(5,35)36/h6-16,25,28,30,32-33H,17H2,1-5H3,(H,29,34)/t25?,27-/m0/s1. The third kappa shape index (κ3) is 7.74. The minimum atomic E-state index is -3.74. The summed E-state index contributed by atoms with van der Waals surface area (Å²) in [5.74, 6) is -0.298. The molecule has 1 amide bonds. The van der Waals surface area contributed by atoms with E-state index in [1.54, 1.807) is 37.3 Å². The molecule has 12 nitrogen and oxygen atoms in total. The highest BCUT2D eigenvalue weighted by molar-refractivity contribution is 7.92. The molecule has 1 unspecified atom stereocenters. The van der Waals surface area contributed by atoms with Gasteiger partial charge in [0.05, 0.1) is 30.1 Å². The van der Waals surface area contributed by atoms with Crippen LogP contribution in [-0.2, 0) is 30.4 Å². The second-order valence-electron chi connectivity index (χ2n) is 9.67. The van der Waals surface area contributed by atoms with Crippen molar-refractivity contribution in [3.05, 3.63) is 77.9 Å². The van der Waals surface area contributed by atoms with Gasteiger partial charge in [-0.05, 0) is 60.5 Å². The number of nitrogens with one attached hydrogen (secondary N) is 3. The molecule has 0 aliphatic carbocycles. The lowest BCUT2D eigenvalue weighted by Crippen LogP contribution is -2.51. The molecular formula is C27H34N4O8S2. The Bertz CT molecular complexity index is 1610. The number of carbonyl (C=O) groups is 1. The number of benzene rings is 3. The average molecular weight is 607 g/mol. The SMILES string of the molecule is COc1ccc([C@](C)(NCC(O)c2ccc(O)c(NS(C)(=O)=O)c2)C(=O)Nc2cccc(S(=O)(=O)N(C)C)c2)cc1. The first kappa shape index (κ1) is 31.8. The summed E-state index contributed by atoms with van der Waals surface area (Å²) in [4.78, 5) is 13.7. The van der Waals surface area contributed by atoms with Gasteiger partial charge in [0.15, 0.2) is 0 Å². The number of ether oxygens (including phenoxy) is 1. The smallest absolute Gasteiger partial charge is 0.249 e. The Morgan fingerprint density at radius 3 is 2.27 bits per heavy atom. The number of aliphatic hydroxyl groups is 1. The molecule has 3 aromatic rings. The van der Waals surface area contributed by atoms with Crippen molar-refractivity contribution in [2.75, 3.05) is 44.0 Å². The second kappa shape index (κ2) is 12.4. The highest BCUT2D eigenvalue weighted by Gasteiger charge is 2.36. The second-order valence-corrected chi connectivity index (χ2v) is 13.6.